The summed E-state index contributed by atoms with van der Waals surface area (Å²) in [4.78, 5) is 14.5. The fourth-order valence-corrected chi connectivity index (χ4v) is 2.84. The first kappa shape index (κ1) is 17.0. The molecule has 128 valence electrons. The van der Waals surface area contributed by atoms with Gasteiger partial charge in [0.1, 0.15) is 0 Å². The average molecular weight is 350 g/mol. The molecule has 0 aliphatic carbocycles. The van der Waals surface area contributed by atoms with Gasteiger partial charge in [-0.25, -0.2) is 0 Å². The van der Waals surface area contributed by atoms with Crippen molar-refractivity contribution in [1.82, 2.24) is 10.1 Å². The number of aryl methyl sites for hydroxylation is 1. The van der Waals surface area contributed by atoms with Gasteiger partial charge in [0.05, 0.1) is 24.4 Å². The van der Waals surface area contributed by atoms with Gasteiger partial charge < -0.3 is 9.26 Å². The number of amides is 1. The molecule has 24 heavy (non-hydrogen) atoms. The van der Waals surface area contributed by atoms with Gasteiger partial charge in [-0.15, -0.1) is 0 Å². The summed E-state index contributed by atoms with van der Waals surface area (Å²) in [5.41, 5.74) is 1.79. The van der Waals surface area contributed by atoms with E-state index in [1.807, 2.05) is 31.2 Å². The summed E-state index contributed by atoms with van der Waals surface area (Å²) in [5, 5.41) is 7.22. The van der Waals surface area contributed by atoms with E-state index in [1.165, 1.54) is 0 Å². The highest BCUT2D eigenvalue weighted by molar-refractivity contribution is 6.30. The Labute approximate surface area is 145 Å². The lowest BCUT2D eigenvalue weighted by atomic mass is 10.1. The van der Waals surface area contributed by atoms with Crippen LogP contribution in [0.1, 0.15) is 24.3 Å². The summed E-state index contributed by atoms with van der Waals surface area (Å²) in [5.74, 6) is 0.245. The van der Waals surface area contributed by atoms with Gasteiger partial charge in [-0.05, 0) is 31.5 Å². The number of aromatic nitrogens is 1. The average Bonchev–Trinajstić information content (AvgIpc) is 3.00. The van der Waals surface area contributed by atoms with Crippen LogP contribution in [0, 0.1) is 6.92 Å². The minimum Gasteiger partial charge on any atom is -0.371 e. The van der Waals surface area contributed by atoms with E-state index < -0.39 is 0 Å². The first-order valence-electron chi connectivity index (χ1n) is 7.88. The minimum atomic E-state index is -0.297. The fourth-order valence-electron chi connectivity index (χ4n) is 2.71. The van der Waals surface area contributed by atoms with Gasteiger partial charge in [0, 0.05) is 24.2 Å². The lowest BCUT2D eigenvalue weighted by molar-refractivity contribution is -0.124. The monoisotopic (exact) mass is 349 g/mol. The van der Waals surface area contributed by atoms with Crippen LogP contribution < -0.4 is 5.32 Å². The Hall–Kier alpha value is -1.89. The van der Waals surface area contributed by atoms with Crippen LogP contribution in [-0.2, 0) is 9.53 Å². The van der Waals surface area contributed by atoms with E-state index in [-0.39, 0.29) is 18.1 Å². The van der Waals surface area contributed by atoms with Crippen molar-refractivity contribution in [2.75, 3.05) is 25.0 Å². The molecule has 1 N–H and O–H groups in total. The van der Waals surface area contributed by atoms with Crippen molar-refractivity contribution < 1.29 is 14.1 Å². The largest absolute Gasteiger partial charge is 0.371 e. The number of halogens is 1. The Balaban J connectivity index is 1.62. The molecule has 1 amide bonds. The topological polar surface area (TPSA) is 67.6 Å². The van der Waals surface area contributed by atoms with Gasteiger partial charge in [0.15, 0.2) is 0 Å². The Kier molecular flexibility index (Phi) is 5.18. The van der Waals surface area contributed by atoms with Crippen molar-refractivity contribution in [3.8, 4) is 0 Å². The van der Waals surface area contributed by atoms with Crippen LogP contribution in [-0.4, -0.2) is 41.7 Å². The smallest absolute Gasteiger partial charge is 0.243 e. The number of carbonyl (C=O) groups is 1. The number of morpholine rings is 1. The van der Waals surface area contributed by atoms with Crippen LogP contribution in [0.2, 0.25) is 5.02 Å². The van der Waals surface area contributed by atoms with Gasteiger partial charge in [-0.1, -0.05) is 28.9 Å². The summed E-state index contributed by atoms with van der Waals surface area (Å²) < 4.78 is 10.9. The lowest BCUT2D eigenvalue weighted by Gasteiger charge is -2.36. The number of rotatable bonds is 4. The van der Waals surface area contributed by atoms with Crippen LogP contribution in [0.3, 0.4) is 0 Å². The third-order valence-corrected chi connectivity index (χ3v) is 4.39. The van der Waals surface area contributed by atoms with Crippen molar-refractivity contribution >= 4 is 23.4 Å². The van der Waals surface area contributed by atoms with Gasteiger partial charge in [0.2, 0.25) is 11.8 Å². The third-order valence-electron chi connectivity index (χ3n) is 4.14. The SMILES string of the molecule is Cc1cc(NC(=O)[C@H](C)N2CCO[C@@H](c3ccc(Cl)cc3)C2)on1. The summed E-state index contributed by atoms with van der Waals surface area (Å²) in [6.07, 6.45) is -0.0706. The van der Waals surface area contributed by atoms with Gasteiger partial charge >= 0.3 is 0 Å². The van der Waals surface area contributed by atoms with E-state index in [0.29, 0.717) is 30.6 Å². The number of anilines is 1. The maximum atomic E-state index is 12.4. The molecule has 1 saturated heterocycles. The van der Waals surface area contributed by atoms with Crippen molar-refractivity contribution in [3.63, 3.8) is 0 Å². The molecular formula is C17H20ClN3O3. The predicted octanol–water partition coefficient (Wildman–Crippen LogP) is 3.04. The Morgan fingerprint density at radius 1 is 1.42 bits per heavy atom. The van der Waals surface area contributed by atoms with Crippen LogP contribution >= 0.6 is 11.6 Å². The van der Waals surface area contributed by atoms with Crippen molar-refractivity contribution in [3.05, 3.63) is 46.6 Å². The van der Waals surface area contributed by atoms with Crippen LogP contribution in [0.25, 0.3) is 0 Å². The summed E-state index contributed by atoms with van der Waals surface area (Å²) >= 11 is 5.93. The second-order valence-corrected chi connectivity index (χ2v) is 6.34. The van der Waals surface area contributed by atoms with Crippen LogP contribution in [0.5, 0.6) is 0 Å². The number of benzene rings is 1. The van der Waals surface area contributed by atoms with Gasteiger partial charge in [-0.3, -0.25) is 15.0 Å². The highest BCUT2D eigenvalue weighted by Gasteiger charge is 2.29. The zero-order valence-electron chi connectivity index (χ0n) is 13.7. The summed E-state index contributed by atoms with van der Waals surface area (Å²) in [7, 11) is 0. The van der Waals surface area contributed by atoms with Crippen molar-refractivity contribution in [2.24, 2.45) is 0 Å². The molecule has 2 atom stereocenters. The number of hydrogen-bond acceptors (Lipinski definition) is 5. The molecule has 0 unspecified atom stereocenters. The lowest BCUT2D eigenvalue weighted by Crippen LogP contribution is -2.48. The Morgan fingerprint density at radius 2 is 2.17 bits per heavy atom. The van der Waals surface area contributed by atoms with E-state index in [9.17, 15) is 4.79 Å². The van der Waals surface area contributed by atoms with E-state index in [2.05, 4.69) is 15.4 Å². The molecule has 1 aromatic heterocycles. The molecule has 7 heteroatoms. The predicted molar refractivity (Wildman–Crippen MR) is 91.0 cm³/mol. The minimum absolute atomic E-state index is 0.0706. The first-order chi connectivity index (χ1) is 11.5. The molecule has 3 rings (SSSR count). The third kappa shape index (κ3) is 3.95. The second kappa shape index (κ2) is 7.34. The van der Waals surface area contributed by atoms with E-state index >= 15 is 0 Å². The first-order valence-corrected chi connectivity index (χ1v) is 8.26. The number of nitrogens with zero attached hydrogens (tertiary/aromatic N) is 2. The van der Waals surface area contributed by atoms with Crippen molar-refractivity contribution in [2.45, 2.75) is 26.0 Å². The maximum absolute atomic E-state index is 12.4. The molecule has 0 bridgehead atoms. The normalized spacial score (nSPS) is 19.9. The molecule has 1 aromatic carbocycles. The molecule has 1 fully saturated rings. The maximum Gasteiger partial charge on any atom is 0.243 e. The standard InChI is InChI=1S/C17H20ClN3O3/c1-11-9-16(24-20-11)19-17(22)12(2)21-7-8-23-15(10-21)13-3-5-14(18)6-4-13/h3-6,9,12,15H,7-8,10H2,1-2H3,(H,19,22)/t12-,15+/m0/s1. The quantitative estimate of drug-likeness (QED) is 0.918. The second-order valence-electron chi connectivity index (χ2n) is 5.90. The molecule has 6 nitrogen and oxygen atoms in total. The highest BCUT2D eigenvalue weighted by atomic mass is 35.5. The number of carbonyl (C=O) groups excluding carboxylic acids is 1. The Bertz CT molecular complexity index is 701. The van der Waals surface area contributed by atoms with Crippen LogP contribution in [0.15, 0.2) is 34.9 Å². The van der Waals surface area contributed by atoms with E-state index in [0.717, 1.165) is 11.3 Å². The molecular weight excluding hydrogens is 330 g/mol. The molecule has 1 aliphatic heterocycles. The molecule has 0 saturated carbocycles. The zero-order valence-corrected chi connectivity index (χ0v) is 14.4. The Morgan fingerprint density at radius 3 is 2.83 bits per heavy atom. The van der Waals surface area contributed by atoms with Crippen LogP contribution in [0.4, 0.5) is 5.88 Å². The van der Waals surface area contributed by atoms with E-state index in [4.69, 9.17) is 20.9 Å². The molecule has 0 spiro atoms. The highest BCUT2D eigenvalue weighted by Crippen LogP contribution is 2.25. The molecule has 2 aromatic rings. The number of ether oxygens (including phenoxy) is 1. The van der Waals surface area contributed by atoms with Crippen molar-refractivity contribution in [1.29, 1.82) is 0 Å². The number of hydrogen-bond donors (Lipinski definition) is 1. The summed E-state index contributed by atoms with van der Waals surface area (Å²) in [6.45, 7) is 5.61. The molecule has 0 radical (unpaired) electrons. The van der Waals surface area contributed by atoms with Gasteiger partial charge in [-0.2, -0.15) is 0 Å². The van der Waals surface area contributed by atoms with Gasteiger partial charge in [0.25, 0.3) is 0 Å². The molecule has 1 aliphatic rings. The summed E-state index contributed by atoms with van der Waals surface area (Å²) in [6, 6.07) is 9.01. The van der Waals surface area contributed by atoms with E-state index in [1.54, 1.807) is 13.0 Å². The number of nitrogens with one attached hydrogen (secondary N) is 1. The molecule has 2 heterocycles. The zero-order chi connectivity index (χ0) is 17.1. The fraction of sp³-hybridized carbons (Fsp3) is 0.412.